The summed E-state index contributed by atoms with van der Waals surface area (Å²) in [6, 6.07) is -0.341. The molecule has 0 aromatic rings. The Balaban J connectivity index is 1.77. The van der Waals surface area contributed by atoms with Gasteiger partial charge in [-0.05, 0) is 13.5 Å². The normalized spacial score (nSPS) is 27.8. The van der Waals surface area contributed by atoms with Gasteiger partial charge in [0.1, 0.15) is 6.04 Å². The van der Waals surface area contributed by atoms with Gasteiger partial charge in [0.15, 0.2) is 0 Å². The molecule has 0 saturated carbocycles. The topological polar surface area (TPSA) is 64.7 Å². The first-order chi connectivity index (χ1) is 7.65. The van der Waals surface area contributed by atoms with Crippen molar-refractivity contribution in [3.05, 3.63) is 0 Å². The number of piperazine rings is 1. The molecule has 0 aromatic heterocycles. The first-order valence-electron chi connectivity index (χ1n) is 5.68. The minimum Gasteiger partial charge on any atom is -0.344 e. The van der Waals surface area contributed by atoms with E-state index in [0.717, 1.165) is 26.2 Å². The van der Waals surface area contributed by atoms with Crippen molar-refractivity contribution >= 4 is 11.8 Å². The van der Waals surface area contributed by atoms with Crippen LogP contribution < -0.4 is 10.7 Å². The number of amides is 2. The zero-order valence-corrected chi connectivity index (χ0v) is 9.53. The van der Waals surface area contributed by atoms with Crippen LogP contribution in [-0.2, 0) is 9.59 Å². The summed E-state index contributed by atoms with van der Waals surface area (Å²) in [4.78, 5) is 25.0. The van der Waals surface area contributed by atoms with E-state index in [4.69, 9.17) is 0 Å². The lowest BCUT2D eigenvalue weighted by molar-refractivity contribution is -0.130. The molecule has 0 spiro atoms. The molecule has 0 radical (unpaired) electrons. The molecule has 0 bridgehead atoms. The van der Waals surface area contributed by atoms with Crippen molar-refractivity contribution in [3.8, 4) is 0 Å². The van der Waals surface area contributed by atoms with Crippen LogP contribution >= 0.6 is 0 Å². The standard InChI is InChI=1S/C10H18N4O2/c1-13-4-6-14(7-5-13)12-10(16)8-2-3-9(15)11-8/h8H,2-7H2,1H3,(H,11,15)(H,12,16). The van der Waals surface area contributed by atoms with Crippen LogP contribution in [0.2, 0.25) is 0 Å². The second kappa shape index (κ2) is 4.80. The highest BCUT2D eigenvalue weighted by Gasteiger charge is 2.28. The molecule has 2 aliphatic heterocycles. The van der Waals surface area contributed by atoms with E-state index in [9.17, 15) is 9.59 Å². The van der Waals surface area contributed by atoms with Crippen LogP contribution in [0.15, 0.2) is 0 Å². The van der Waals surface area contributed by atoms with Gasteiger partial charge in [-0.3, -0.25) is 15.0 Å². The van der Waals surface area contributed by atoms with Crippen LogP contribution in [0.5, 0.6) is 0 Å². The second-order valence-corrected chi connectivity index (χ2v) is 4.43. The maximum absolute atomic E-state index is 11.8. The zero-order chi connectivity index (χ0) is 11.5. The highest BCUT2D eigenvalue weighted by atomic mass is 16.2. The Kier molecular flexibility index (Phi) is 3.40. The summed E-state index contributed by atoms with van der Waals surface area (Å²) in [6.45, 7) is 3.58. The van der Waals surface area contributed by atoms with E-state index in [0.29, 0.717) is 12.8 Å². The summed E-state index contributed by atoms with van der Waals surface area (Å²) in [6.07, 6.45) is 1.07. The molecular weight excluding hydrogens is 208 g/mol. The molecule has 6 nitrogen and oxygen atoms in total. The highest BCUT2D eigenvalue weighted by Crippen LogP contribution is 2.06. The Morgan fingerprint density at radius 2 is 2.06 bits per heavy atom. The fraction of sp³-hybridized carbons (Fsp3) is 0.800. The van der Waals surface area contributed by atoms with Crippen molar-refractivity contribution in [2.24, 2.45) is 0 Å². The fourth-order valence-corrected chi connectivity index (χ4v) is 1.96. The number of nitrogens with zero attached hydrogens (tertiary/aromatic N) is 2. The lowest BCUT2D eigenvalue weighted by Crippen LogP contribution is -2.55. The third-order valence-electron chi connectivity index (χ3n) is 3.08. The molecule has 2 rings (SSSR count). The largest absolute Gasteiger partial charge is 0.344 e. The predicted molar refractivity (Wildman–Crippen MR) is 58.4 cm³/mol. The average molecular weight is 226 g/mol. The summed E-state index contributed by atoms with van der Waals surface area (Å²) in [7, 11) is 2.07. The van der Waals surface area contributed by atoms with Crippen LogP contribution in [0.4, 0.5) is 0 Å². The Morgan fingerprint density at radius 1 is 1.38 bits per heavy atom. The van der Waals surface area contributed by atoms with Crippen LogP contribution in [-0.4, -0.2) is 61.0 Å². The van der Waals surface area contributed by atoms with Gasteiger partial charge in [0.05, 0.1) is 0 Å². The Bertz CT molecular complexity index is 287. The summed E-state index contributed by atoms with van der Waals surface area (Å²) in [5.74, 6) is -0.117. The minimum absolute atomic E-state index is 0.0291. The summed E-state index contributed by atoms with van der Waals surface area (Å²) in [5.41, 5.74) is 2.85. The van der Waals surface area contributed by atoms with E-state index >= 15 is 0 Å². The molecule has 2 N–H and O–H groups in total. The number of hydrogen-bond donors (Lipinski definition) is 2. The highest BCUT2D eigenvalue weighted by molar-refractivity contribution is 5.90. The average Bonchev–Trinajstić information content (AvgIpc) is 2.68. The number of nitrogens with one attached hydrogen (secondary N) is 2. The zero-order valence-electron chi connectivity index (χ0n) is 9.53. The van der Waals surface area contributed by atoms with E-state index in [1.54, 1.807) is 0 Å². The maximum Gasteiger partial charge on any atom is 0.256 e. The van der Waals surface area contributed by atoms with Crippen molar-refractivity contribution in [1.82, 2.24) is 20.7 Å². The second-order valence-electron chi connectivity index (χ2n) is 4.43. The Hall–Kier alpha value is -1.14. The van der Waals surface area contributed by atoms with Crippen LogP contribution in [0.25, 0.3) is 0 Å². The summed E-state index contributed by atoms with van der Waals surface area (Å²) in [5, 5.41) is 4.59. The van der Waals surface area contributed by atoms with Gasteiger partial charge in [-0.1, -0.05) is 0 Å². The van der Waals surface area contributed by atoms with E-state index in [2.05, 4.69) is 22.7 Å². The molecule has 90 valence electrons. The molecule has 2 aliphatic rings. The first kappa shape index (κ1) is 11.3. The number of hydrogen-bond acceptors (Lipinski definition) is 4. The molecule has 1 atom stereocenters. The lowest BCUT2D eigenvalue weighted by atomic mass is 10.2. The lowest BCUT2D eigenvalue weighted by Gasteiger charge is -2.32. The van der Waals surface area contributed by atoms with Crippen LogP contribution in [0, 0.1) is 0 Å². The van der Waals surface area contributed by atoms with Crippen molar-refractivity contribution < 1.29 is 9.59 Å². The minimum atomic E-state index is -0.341. The quantitative estimate of drug-likeness (QED) is 0.604. The van der Waals surface area contributed by atoms with Crippen molar-refractivity contribution in [3.63, 3.8) is 0 Å². The van der Waals surface area contributed by atoms with E-state index in [1.807, 2.05) is 5.01 Å². The monoisotopic (exact) mass is 226 g/mol. The van der Waals surface area contributed by atoms with Gasteiger partial charge in [0.2, 0.25) is 5.91 Å². The number of hydrazine groups is 1. The van der Waals surface area contributed by atoms with E-state index < -0.39 is 0 Å². The van der Waals surface area contributed by atoms with E-state index in [-0.39, 0.29) is 17.9 Å². The Morgan fingerprint density at radius 3 is 2.62 bits per heavy atom. The molecule has 2 fully saturated rings. The van der Waals surface area contributed by atoms with Crippen LogP contribution in [0.3, 0.4) is 0 Å². The molecule has 6 heteroatoms. The molecule has 16 heavy (non-hydrogen) atoms. The molecular formula is C10H18N4O2. The van der Waals surface area contributed by atoms with E-state index in [1.165, 1.54) is 0 Å². The van der Waals surface area contributed by atoms with Gasteiger partial charge in [0.25, 0.3) is 5.91 Å². The van der Waals surface area contributed by atoms with Crippen LogP contribution in [0.1, 0.15) is 12.8 Å². The van der Waals surface area contributed by atoms with Gasteiger partial charge >= 0.3 is 0 Å². The van der Waals surface area contributed by atoms with Crippen molar-refractivity contribution in [2.45, 2.75) is 18.9 Å². The van der Waals surface area contributed by atoms with Gasteiger partial charge in [-0.2, -0.15) is 0 Å². The molecule has 1 unspecified atom stereocenters. The predicted octanol–water partition coefficient (Wildman–Crippen LogP) is -1.46. The smallest absolute Gasteiger partial charge is 0.256 e. The van der Waals surface area contributed by atoms with Gasteiger partial charge in [-0.15, -0.1) is 0 Å². The van der Waals surface area contributed by atoms with Crippen molar-refractivity contribution in [1.29, 1.82) is 0 Å². The number of carbonyl (C=O) groups is 2. The Labute approximate surface area is 94.9 Å². The van der Waals surface area contributed by atoms with Gasteiger partial charge < -0.3 is 10.2 Å². The number of carbonyl (C=O) groups excluding carboxylic acids is 2. The summed E-state index contributed by atoms with van der Waals surface area (Å²) < 4.78 is 0. The number of rotatable bonds is 2. The molecule has 0 aromatic carbocycles. The molecule has 2 heterocycles. The third kappa shape index (κ3) is 2.70. The third-order valence-corrected chi connectivity index (χ3v) is 3.08. The maximum atomic E-state index is 11.8. The van der Waals surface area contributed by atoms with Crippen molar-refractivity contribution in [2.75, 3.05) is 33.2 Å². The first-order valence-corrected chi connectivity index (χ1v) is 5.68. The summed E-state index contributed by atoms with van der Waals surface area (Å²) >= 11 is 0. The molecule has 0 aliphatic carbocycles. The van der Waals surface area contributed by atoms with Gasteiger partial charge in [-0.25, -0.2) is 5.01 Å². The number of likely N-dealkylation sites (N-methyl/N-ethyl adjacent to an activating group) is 1. The molecule has 2 amide bonds. The fourth-order valence-electron chi connectivity index (χ4n) is 1.96. The SMILES string of the molecule is CN1CCN(NC(=O)C2CCC(=O)N2)CC1. The van der Waals surface area contributed by atoms with Gasteiger partial charge in [0, 0.05) is 32.6 Å². The molecule has 2 saturated heterocycles.